The molecule has 0 aliphatic rings. The van der Waals surface area contributed by atoms with Crippen molar-refractivity contribution in [3.63, 3.8) is 0 Å². The molecule has 1 N–H and O–H groups in total. The molecule has 3 aromatic rings. The third-order valence-corrected chi connectivity index (χ3v) is 4.37. The normalized spacial score (nSPS) is 11.0. The topological polar surface area (TPSA) is 59.9 Å². The van der Waals surface area contributed by atoms with Crippen LogP contribution in [0.5, 0.6) is 11.5 Å². The smallest absolute Gasteiger partial charge is 0.277 e. The van der Waals surface area contributed by atoms with Crippen molar-refractivity contribution < 1.29 is 14.3 Å². The number of amides is 1. The zero-order chi connectivity index (χ0) is 19.9. The first-order chi connectivity index (χ1) is 13.6. The van der Waals surface area contributed by atoms with E-state index in [9.17, 15) is 4.79 Å². The molecule has 28 heavy (non-hydrogen) atoms. The molecule has 0 spiro atoms. The summed E-state index contributed by atoms with van der Waals surface area (Å²) in [5.74, 6) is 1.14. The highest BCUT2D eigenvalue weighted by atomic mass is 16.5. The lowest BCUT2D eigenvalue weighted by Crippen LogP contribution is -2.25. The van der Waals surface area contributed by atoms with Crippen LogP contribution >= 0.6 is 0 Å². The van der Waals surface area contributed by atoms with Gasteiger partial charge in [-0.15, -0.1) is 0 Å². The maximum absolute atomic E-state index is 12.1. The molecule has 0 aliphatic heterocycles. The number of aryl methyl sites for hydroxylation is 2. The lowest BCUT2D eigenvalue weighted by molar-refractivity contribution is -0.123. The maximum atomic E-state index is 12.1. The molecule has 3 aromatic carbocycles. The SMILES string of the molecule is CCOc1ccc2ccccc2c1C=NNC(=O)COc1c(C)cccc1C. The minimum absolute atomic E-state index is 0.100. The molecule has 0 heterocycles. The van der Waals surface area contributed by atoms with Crippen LogP contribution in [-0.4, -0.2) is 25.3 Å². The summed E-state index contributed by atoms with van der Waals surface area (Å²) in [6.45, 7) is 6.29. The van der Waals surface area contributed by atoms with E-state index < -0.39 is 0 Å². The lowest BCUT2D eigenvalue weighted by Gasteiger charge is -2.11. The summed E-state index contributed by atoms with van der Waals surface area (Å²) in [5, 5.41) is 6.20. The number of nitrogens with zero attached hydrogens (tertiary/aromatic N) is 1. The van der Waals surface area contributed by atoms with Gasteiger partial charge < -0.3 is 9.47 Å². The van der Waals surface area contributed by atoms with E-state index in [4.69, 9.17) is 9.47 Å². The fourth-order valence-electron chi connectivity index (χ4n) is 3.06. The van der Waals surface area contributed by atoms with Gasteiger partial charge in [-0.25, -0.2) is 5.43 Å². The van der Waals surface area contributed by atoms with E-state index in [1.165, 1.54) is 0 Å². The van der Waals surface area contributed by atoms with Crippen molar-refractivity contribution in [2.75, 3.05) is 13.2 Å². The van der Waals surface area contributed by atoms with Crippen LogP contribution in [0.1, 0.15) is 23.6 Å². The number of rotatable bonds is 7. The summed E-state index contributed by atoms with van der Waals surface area (Å²) in [5.41, 5.74) is 5.34. The average molecular weight is 376 g/mol. The first-order valence-electron chi connectivity index (χ1n) is 9.25. The van der Waals surface area contributed by atoms with Crippen LogP contribution in [0.3, 0.4) is 0 Å². The fraction of sp³-hybridized carbons (Fsp3) is 0.217. The van der Waals surface area contributed by atoms with Gasteiger partial charge in [-0.2, -0.15) is 5.10 Å². The molecule has 5 nitrogen and oxygen atoms in total. The van der Waals surface area contributed by atoms with Gasteiger partial charge in [0.05, 0.1) is 12.8 Å². The molecule has 0 atom stereocenters. The third kappa shape index (κ3) is 4.49. The average Bonchev–Trinajstić information content (AvgIpc) is 2.69. The van der Waals surface area contributed by atoms with E-state index in [2.05, 4.69) is 10.5 Å². The first kappa shape index (κ1) is 19.4. The van der Waals surface area contributed by atoms with Crippen LogP contribution in [-0.2, 0) is 4.79 Å². The number of hydrogen-bond acceptors (Lipinski definition) is 4. The van der Waals surface area contributed by atoms with Crippen molar-refractivity contribution >= 4 is 22.9 Å². The molecule has 0 saturated heterocycles. The number of benzene rings is 3. The quantitative estimate of drug-likeness (QED) is 0.492. The predicted molar refractivity (Wildman–Crippen MR) is 112 cm³/mol. The molecule has 0 aliphatic carbocycles. The Hall–Kier alpha value is -3.34. The summed E-state index contributed by atoms with van der Waals surface area (Å²) in [4.78, 5) is 12.1. The number of para-hydroxylation sites is 1. The molecule has 0 unspecified atom stereocenters. The van der Waals surface area contributed by atoms with Gasteiger partial charge in [-0.1, -0.05) is 48.5 Å². The van der Waals surface area contributed by atoms with E-state index in [0.717, 1.165) is 39.0 Å². The van der Waals surface area contributed by atoms with E-state index in [-0.39, 0.29) is 12.5 Å². The zero-order valence-corrected chi connectivity index (χ0v) is 16.4. The predicted octanol–water partition coefficient (Wildman–Crippen LogP) is 4.38. The monoisotopic (exact) mass is 376 g/mol. The van der Waals surface area contributed by atoms with Crippen LogP contribution in [0.4, 0.5) is 0 Å². The van der Waals surface area contributed by atoms with E-state index >= 15 is 0 Å². The second kappa shape index (κ2) is 9.04. The Morgan fingerprint density at radius 2 is 1.75 bits per heavy atom. The second-order valence-corrected chi connectivity index (χ2v) is 6.43. The number of hydrazone groups is 1. The zero-order valence-electron chi connectivity index (χ0n) is 16.4. The van der Waals surface area contributed by atoms with E-state index in [1.807, 2.05) is 75.4 Å². The van der Waals surface area contributed by atoms with Crippen LogP contribution in [0.25, 0.3) is 10.8 Å². The van der Waals surface area contributed by atoms with Gasteiger partial charge in [0.15, 0.2) is 6.61 Å². The van der Waals surface area contributed by atoms with Gasteiger partial charge >= 0.3 is 0 Å². The Morgan fingerprint density at radius 3 is 2.50 bits per heavy atom. The van der Waals surface area contributed by atoms with Gasteiger partial charge in [-0.05, 0) is 48.7 Å². The molecule has 1 amide bonds. The Kier molecular flexibility index (Phi) is 6.27. The van der Waals surface area contributed by atoms with Crippen LogP contribution in [0.2, 0.25) is 0 Å². The van der Waals surface area contributed by atoms with Crippen molar-refractivity contribution in [2.24, 2.45) is 5.10 Å². The number of hydrogen-bond donors (Lipinski definition) is 1. The second-order valence-electron chi connectivity index (χ2n) is 6.43. The number of carbonyl (C=O) groups is 1. The summed E-state index contributed by atoms with van der Waals surface area (Å²) < 4.78 is 11.4. The van der Waals surface area contributed by atoms with E-state index in [1.54, 1.807) is 6.21 Å². The van der Waals surface area contributed by atoms with Gasteiger partial charge in [0, 0.05) is 5.56 Å². The Balaban J connectivity index is 1.70. The Bertz CT molecular complexity index is 992. The van der Waals surface area contributed by atoms with Crippen molar-refractivity contribution in [1.29, 1.82) is 0 Å². The molecule has 0 fully saturated rings. The molecule has 3 rings (SSSR count). The Morgan fingerprint density at radius 1 is 1.00 bits per heavy atom. The minimum Gasteiger partial charge on any atom is -0.493 e. The maximum Gasteiger partial charge on any atom is 0.277 e. The number of nitrogens with one attached hydrogen (secondary N) is 1. The summed E-state index contributed by atoms with van der Waals surface area (Å²) in [6.07, 6.45) is 1.62. The molecular formula is C23H24N2O3. The number of carbonyl (C=O) groups excluding carboxylic acids is 1. The molecule has 0 saturated carbocycles. The largest absolute Gasteiger partial charge is 0.493 e. The van der Waals surface area contributed by atoms with Gasteiger partial charge in [0.25, 0.3) is 5.91 Å². The highest BCUT2D eigenvalue weighted by Gasteiger charge is 2.08. The van der Waals surface area contributed by atoms with Crippen LogP contribution < -0.4 is 14.9 Å². The van der Waals surface area contributed by atoms with Crippen molar-refractivity contribution in [1.82, 2.24) is 5.43 Å². The molecule has 0 bridgehead atoms. The van der Waals surface area contributed by atoms with E-state index in [0.29, 0.717) is 6.61 Å². The highest BCUT2D eigenvalue weighted by molar-refractivity contribution is 6.02. The van der Waals surface area contributed by atoms with Gasteiger partial charge in [0.2, 0.25) is 0 Å². The van der Waals surface area contributed by atoms with Gasteiger partial charge in [-0.3, -0.25) is 4.79 Å². The molecule has 5 heteroatoms. The lowest BCUT2D eigenvalue weighted by atomic mass is 10.0. The molecular weight excluding hydrogens is 352 g/mol. The molecule has 0 radical (unpaired) electrons. The highest BCUT2D eigenvalue weighted by Crippen LogP contribution is 2.26. The summed E-state index contributed by atoms with van der Waals surface area (Å²) in [6, 6.07) is 17.8. The molecule has 144 valence electrons. The van der Waals surface area contributed by atoms with Crippen molar-refractivity contribution in [3.8, 4) is 11.5 Å². The first-order valence-corrected chi connectivity index (χ1v) is 9.25. The number of ether oxygens (including phenoxy) is 2. The van der Waals surface area contributed by atoms with Crippen molar-refractivity contribution in [2.45, 2.75) is 20.8 Å². The van der Waals surface area contributed by atoms with Crippen molar-refractivity contribution in [3.05, 3.63) is 71.3 Å². The van der Waals surface area contributed by atoms with Crippen LogP contribution in [0, 0.1) is 13.8 Å². The fourth-order valence-corrected chi connectivity index (χ4v) is 3.06. The standard InChI is InChI=1S/C23H24N2O3/c1-4-27-21-13-12-18-10-5-6-11-19(18)20(21)14-24-25-22(26)15-28-23-16(2)8-7-9-17(23)3/h5-14H,4,15H2,1-3H3,(H,25,26). The third-order valence-electron chi connectivity index (χ3n) is 4.37. The van der Waals surface area contributed by atoms with Gasteiger partial charge in [0.1, 0.15) is 11.5 Å². The summed E-state index contributed by atoms with van der Waals surface area (Å²) in [7, 11) is 0. The molecule has 0 aromatic heterocycles. The Labute approximate surface area is 165 Å². The number of fused-ring (bicyclic) bond motifs is 1. The minimum atomic E-state index is -0.322. The summed E-state index contributed by atoms with van der Waals surface area (Å²) >= 11 is 0. The van der Waals surface area contributed by atoms with Crippen LogP contribution in [0.15, 0.2) is 59.7 Å².